The van der Waals surface area contributed by atoms with E-state index in [1.165, 1.54) is 11.1 Å². The molecule has 0 heterocycles. The van der Waals surface area contributed by atoms with Crippen molar-refractivity contribution in [2.45, 2.75) is 63.3 Å². The van der Waals surface area contributed by atoms with Crippen LogP contribution in [0.15, 0.2) is 48.5 Å². The first kappa shape index (κ1) is 18.0. The van der Waals surface area contributed by atoms with E-state index in [0.29, 0.717) is 0 Å². The first-order valence-electron chi connectivity index (χ1n) is 10.1. The molecule has 0 radical (unpaired) electrons. The summed E-state index contributed by atoms with van der Waals surface area (Å²) in [6.07, 6.45) is 7.03. The lowest BCUT2D eigenvalue weighted by Gasteiger charge is -2.33. The summed E-state index contributed by atoms with van der Waals surface area (Å²) in [5.41, 5.74) is 3.90. The molecule has 2 aromatic rings. The number of rotatable bonds is 4. The Bertz CT molecular complexity index is 850. The highest BCUT2D eigenvalue weighted by molar-refractivity contribution is 5.94. The van der Waals surface area contributed by atoms with E-state index in [1.807, 2.05) is 36.4 Å². The standard InChI is InChI=1S/C24H27NO2/c1-17(26)18-12-13-21-19(16-18)8-7-11-22(21)25-23(27)24(14-5-6-15-24)20-9-3-2-4-10-20/h2-4,9-10,12-13,16,22H,5-8,11,14-15H2,1H3,(H,25,27). The fraction of sp³-hybridized carbons (Fsp3) is 0.417. The molecule has 1 unspecified atom stereocenters. The number of hydrogen-bond acceptors (Lipinski definition) is 2. The molecular formula is C24H27NO2. The summed E-state index contributed by atoms with van der Waals surface area (Å²) < 4.78 is 0. The fourth-order valence-electron chi connectivity index (χ4n) is 4.86. The van der Waals surface area contributed by atoms with E-state index in [2.05, 4.69) is 17.4 Å². The van der Waals surface area contributed by atoms with Crippen LogP contribution in [0, 0.1) is 0 Å². The van der Waals surface area contributed by atoms with Crippen molar-refractivity contribution >= 4 is 11.7 Å². The molecule has 4 rings (SSSR count). The van der Waals surface area contributed by atoms with Crippen LogP contribution in [0.5, 0.6) is 0 Å². The topological polar surface area (TPSA) is 46.2 Å². The zero-order chi connectivity index (χ0) is 18.9. The lowest BCUT2D eigenvalue weighted by molar-refractivity contribution is -0.127. The van der Waals surface area contributed by atoms with Crippen LogP contribution in [-0.2, 0) is 16.6 Å². The Labute approximate surface area is 161 Å². The molecule has 1 amide bonds. The van der Waals surface area contributed by atoms with Crippen molar-refractivity contribution in [1.29, 1.82) is 0 Å². The molecule has 3 heteroatoms. The number of hydrogen-bond donors (Lipinski definition) is 1. The Balaban J connectivity index is 1.61. The van der Waals surface area contributed by atoms with Gasteiger partial charge < -0.3 is 5.32 Å². The van der Waals surface area contributed by atoms with Crippen LogP contribution < -0.4 is 5.32 Å². The number of aryl methyl sites for hydroxylation is 1. The number of ketones is 1. The number of carbonyl (C=O) groups excluding carboxylic acids is 2. The molecule has 27 heavy (non-hydrogen) atoms. The Morgan fingerprint density at radius 3 is 2.44 bits per heavy atom. The molecule has 2 aromatic carbocycles. The highest BCUT2D eigenvalue weighted by Gasteiger charge is 2.43. The zero-order valence-electron chi connectivity index (χ0n) is 16.0. The van der Waals surface area contributed by atoms with E-state index < -0.39 is 5.41 Å². The summed E-state index contributed by atoms with van der Waals surface area (Å²) in [4.78, 5) is 25.1. The normalized spacial score (nSPS) is 20.7. The largest absolute Gasteiger partial charge is 0.349 e. The van der Waals surface area contributed by atoms with Crippen molar-refractivity contribution in [3.8, 4) is 0 Å². The van der Waals surface area contributed by atoms with Gasteiger partial charge in [0.25, 0.3) is 0 Å². The predicted molar refractivity (Wildman–Crippen MR) is 107 cm³/mol. The SMILES string of the molecule is CC(=O)c1ccc2c(c1)CCCC2NC(=O)C1(c2ccccc2)CCCC1. The monoisotopic (exact) mass is 361 g/mol. The van der Waals surface area contributed by atoms with Crippen LogP contribution in [0.4, 0.5) is 0 Å². The molecule has 1 saturated carbocycles. The highest BCUT2D eigenvalue weighted by atomic mass is 16.2. The molecule has 2 aliphatic carbocycles. The number of carbonyl (C=O) groups is 2. The van der Waals surface area contributed by atoms with Gasteiger partial charge in [0.2, 0.25) is 5.91 Å². The minimum absolute atomic E-state index is 0.0449. The van der Waals surface area contributed by atoms with Gasteiger partial charge in [0.05, 0.1) is 11.5 Å². The molecule has 0 saturated heterocycles. The van der Waals surface area contributed by atoms with Crippen LogP contribution in [-0.4, -0.2) is 11.7 Å². The van der Waals surface area contributed by atoms with Crippen molar-refractivity contribution in [2.24, 2.45) is 0 Å². The Hall–Kier alpha value is -2.42. The van der Waals surface area contributed by atoms with Crippen LogP contribution in [0.3, 0.4) is 0 Å². The number of Topliss-reactive ketones (excluding diaryl/α,β-unsaturated/α-hetero) is 1. The number of nitrogens with one attached hydrogen (secondary N) is 1. The number of benzene rings is 2. The van der Waals surface area contributed by atoms with Gasteiger partial charge in [0, 0.05) is 5.56 Å². The second kappa shape index (κ2) is 7.30. The minimum Gasteiger partial charge on any atom is -0.349 e. The number of fused-ring (bicyclic) bond motifs is 1. The lowest BCUT2D eigenvalue weighted by Crippen LogP contribution is -2.44. The third kappa shape index (κ3) is 3.31. The zero-order valence-corrected chi connectivity index (χ0v) is 16.0. The molecule has 0 aromatic heterocycles. The van der Waals surface area contributed by atoms with Gasteiger partial charge in [-0.15, -0.1) is 0 Å². The maximum Gasteiger partial charge on any atom is 0.231 e. The summed E-state index contributed by atoms with van der Waals surface area (Å²) >= 11 is 0. The van der Waals surface area contributed by atoms with Gasteiger partial charge in [-0.2, -0.15) is 0 Å². The van der Waals surface area contributed by atoms with Crippen molar-refractivity contribution in [3.63, 3.8) is 0 Å². The summed E-state index contributed by atoms with van der Waals surface area (Å²) in [6.45, 7) is 1.60. The predicted octanol–water partition coefficient (Wildman–Crippen LogP) is 4.89. The van der Waals surface area contributed by atoms with Gasteiger partial charge in [-0.1, -0.05) is 55.3 Å². The summed E-state index contributed by atoms with van der Waals surface area (Å²) in [5, 5.41) is 3.38. The quantitative estimate of drug-likeness (QED) is 0.788. The van der Waals surface area contributed by atoms with Crippen LogP contribution in [0.25, 0.3) is 0 Å². The van der Waals surface area contributed by atoms with Gasteiger partial charge in [-0.3, -0.25) is 9.59 Å². The number of amides is 1. The van der Waals surface area contributed by atoms with E-state index in [9.17, 15) is 9.59 Å². The van der Waals surface area contributed by atoms with E-state index in [0.717, 1.165) is 56.1 Å². The van der Waals surface area contributed by atoms with E-state index in [1.54, 1.807) is 6.92 Å². The van der Waals surface area contributed by atoms with E-state index in [4.69, 9.17) is 0 Å². The Kier molecular flexibility index (Phi) is 4.86. The van der Waals surface area contributed by atoms with Gasteiger partial charge in [-0.25, -0.2) is 0 Å². The van der Waals surface area contributed by atoms with Crippen molar-refractivity contribution in [3.05, 3.63) is 70.8 Å². The highest BCUT2D eigenvalue weighted by Crippen LogP contribution is 2.42. The van der Waals surface area contributed by atoms with E-state index in [-0.39, 0.29) is 17.7 Å². The molecule has 0 spiro atoms. The first-order valence-corrected chi connectivity index (χ1v) is 10.1. The molecule has 2 aliphatic rings. The molecule has 1 fully saturated rings. The van der Waals surface area contributed by atoms with Crippen LogP contribution in [0.2, 0.25) is 0 Å². The molecule has 1 atom stereocenters. The van der Waals surface area contributed by atoms with Crippen LogP contribution >= 0.6 is 0 Å². The summed E-state index contributed by atoms with van der Waals surface area (Å²) in [6, 6.07) is 16.3. The molecule has 140 valence electrons. The Morgan fingerprint density at radius 2 is 1.74 bits per heavy atom. The average molecular weight is 361 g/mol. The molecule has 3 nitrogen and oxygen atoms in total. The molecule has 0 aliphatic heterocycles. The maximum atomic E-state index is 13.5. The lowest BCUT2D eigenvalue weighted by atomic mass is 9.77. The van der Waals surface area contributed by atoms with Crippen molar-refractivity contribution in [1.82, 2.24) is 5.32 Å². The first-order chi connectivity index (χ1) is 13.1. The molecule has 1 N–H and O–H groups in total. The third-order valence-corrected chi connectivity index (χ3v) is 6.39. The minimum atomic E-state index is -0.391. The molecule has 0 bridgehead atoms. The van der Waals surface area contributed by atoms with E-state index >= 15 is 0 Å². The smallest absolute Gasteiger partial charge is 0.231 e. The van der Waals surface area contributed by atoms with Gasteiger partial charge in [-0.05, 0) is 61.8 Å². The third-order valence-electron chi connectivity index (χ3n) is 6.39. The average Bonchev–Trinajstić information content (AvgIpc) is 3.20. The maximum absolute atomic E-state index is 13.5. The van der Waals surface area contributed by atoms with Gasteiger partial charge in [0.1, 0.15) is 0 Å². The van der Waals surface area contributed by atoms with Crippen molar-refractivity contribution < 1.29 is 9.59 Å². The van der Waals surface area contributed by atoms with Crippen LogP contribution in [0.1, 0.15) is 78.5 Å². The van der Waals surface area contributed by atoms with Gasteiger partial charge >= 0.3 is 0 Å². The fourth-order valence-corrected chi connectivity index (χ4v) is 4.86. The van der Waals surface area contributed by atoms with Crippen molar-refractivity contribution in [2.75, 3.05) is 0 Å². The second-order valence-corrected chi connectivity index (χ2v) is 8.04. The second-order valence-electron chi connectivity index (χ2n) is 8.04. The molecular weight excluding hydrogens is 334 g/mol. The van der Waals surface area contributed by atoms with Gasteiger partial charge in [0.15, 0.2) is 5.78 Å². The Morgan fingerprint density at radius 1 is 1.00 bits per heavy atom. The summed E-state index contributed by atoms with van der Waals surface area (Å²) in [5.74, 6) is 0.262. The summed E-state index contributed by atoms with van der Waals surface area (Å²) in [7, 11) is 0.